The summed E-state index contributed by atoms with van der Waals surface area (Å²) in [5.74, 6) is -0.0291. The molecule has 0 radical (unpaired) electrons. The molecule has 26 heavy (non-hydrogen) atoms. The maximum absolute atomic E-state index is 12.6. The first-order valence-electron chi connectivity index (χ1n) is 8.53. The number of nitrogens with one attached hydrogen (secondary N) is 2. The minimum Gasteiger partial charge on any atom is -0.324 e. The van der Waals surface area contributed by atoms with Gasteiger partial charge in [0.05, 0.1) is 10.9 Å². The third kappa shape index (κ3) is 3.31. The zero-order valence-electron chi connectivity index (χ0n) is 14.9. The number of H-pyrrole nitrogens is 1. The SMILES string of the molecule is CC(C)c1ccc(NC(=O)[C@H](C)n2c(=O)[nH]c3ccccc3c2=O)cc1. The van der Waals surface area contributed by atoms with Gasteiger partial charge in [0.25, 0.3) is 5.56 Å². The van der Waals surface area contributed by atoms with Crippen molar-refractivity contribution >= 4 is 22.5 Å². The Hall–Kier alpha value is -3.15. The molecule has 0 unspecified atom stereocenters. The standard InChI is InChI=1S/C20H21N3O3/c1-12(2)14-8-10-15(11-9-14)21-18(24)13(3)23-19(25)16-6-4-5-7-17(16)22-20(23)26/h4-13H,1-3H3,(H,21,24)(H,22,26)/t13-/m0/s1. The van der Waals surface area contributed by atoms with Gasteiger partial charge >= 0.3 is 5.69 Å². The number of carbonyl (C=O) groups excluding carboxylic acids is 1. The third-order valence-electron chi connectivity index (χ3n) is 4.45. The maximum Gasteiger partial charge on any atom is 0.329 e. The Kier molecular flexibility index (Phi) is 4.75. The monoisotopic (exact) mass is 351 g/mol. The smallest absolute Gasteiger partial charge is 0.324 e. The Bertz CT molecular complexity index is 1060. The van der Waals surface area contributed by atoms with E-state index in [4.69, 9.17) is 0 Å². The normalized spacial score (nSPS) is 12.3. The first-order valence-corrected chi connectivity index (χ1v) is 8.53. The van der Waals surface area contributed by atoms with Crippen LogP contribution in [0.3, 0.4) is 0 Å². The van der Waals surface area contributed by atoms with Crippen molar-refractivity contribution in [3.8, 4) is 0 Å². The summed E-state index contributed by atoms with van der Waals surface area (Å²) >= 11 is 0. The number of para-hydroxylation sites is 1. The fourth-order valence-electron chi connectivity index (χ4n) is 2.84. The first kappa shape index (κ1) is 17.7. The van der Waals surface area contributed by atoms with Gasteiger partial charge in [0.15, 0.2) is 0 Å². The number of aromatic nitrogens is 2. The van der Waals surface area contributed by atoms with Crippen molar-refractivity contribution in [2.75, 3.05) is 5.32 Å². The molecule has 0 aliphatic rings. The van der Waals surface area contributed by atoms with Crippen LogP contribution in [-0.2, 0) is 4.79 Å². The molecule has 0 aliphatic carbocycles. The van der Waals surface area contributed by atoms with Gasteiger partial charge in [-0.25, -0.2) is 9.36 Å². The molecule has 6 heteroatoms. The number of aromatic amines is 1. The Morgan fingerprint density at radius 3 is 2.31 bits per heavy atom. The van der Waals surface area contributed by atoms with Crippen molar-refractivity contribution in [3.05, 3.63) is 74.9 Å². The quantitative estimate of drug-likeness (QED) is 0.758. The molecule has 0 saturated carbocycles. The minimum atomic E-state index is -0.944. The number of rotatable bonds is 4. The van der Waals surface area contributed by atoms with Crippen LogP contribution >= 0.6 is 0 Å². The number of amides is 1. The molecule has 6 nitrogen and oxygen atoms in total. The zero-order chi connectivity index (χ0) is 18.8. The zero-order valence-corrected chi connectivity index (χ0v) is 14.9. The molecule has 0 fully saturated rings. The van der Waals surface area contributed by atoms with Gasteiger partial charge in [-0.3, -0.25) is 9.59 Å². The van der Waals surface area contributed by atoms with E-state index in [2.05, 4.69) is 24.1 Å². The van der Waals surface area contributed by atoms with Crippen molar-refractivity contribution in [3.63, 3.8) is 0 Å². The van der Waals surface area contributed by atoms with E-state index >= 15 is 0 Å². The molecule has 134 valence electrons. The minimum absolute atomic E-state index is 0.369. The van der Waals surface area contributed by atoms with Crippen LogP contribution in [0.4, 0.5) is 5.69 Å². The van der Waals surface area contributed by atoms with Gasteiger partial charge < -0.3 is 10.3 Å². The lowest BCUT2D eigenvalue weighted by atomic mass is 10.0. The van der Waals surface area contributed by atoms with E-state index in [0.29, 0.717) is 22.5 Å². The van der Waals surface area contributed by atoms with E-state index in [0.717, 1.165) is 4.57 Å². The highest BCUT2D eigenvalue weighted by molar-refractivity contribution is 5.93. The highest BCUT2D eigenvalue weighted by atomic mass is 16.2. The van der Waals surface area contributed by atoms with Gasteiger partial charge in [0.2, 0.25) is 5.91 Å². The predicted octanol–water partition coefficient (Wildman–Crippen LogP) is 3.01. The van der Waals surface area contributed by atoms with E-state index in [1.54, 1.807) is 24.3 Å². The molecule has 0 bridgehead atoms. The molecule has 0 spiro atoms. The summed E-state index contributed by atoms with van der Waals surface area (Å²) in [5, 5.41) is 3.13. The summed E-state index contributed by atoms with van der Waals surface area (Å²) in [4.78, 5) is 40.1. The summed E-state index contributed by atoms with van der Waals surface area (Å²) in [6, 6.07) is 13.3. The van der Waals surface area contributed by atoms with Gasteiger partial charge in [0.1, 0.15) is 6.04 Å². The largest absolute Gasteiger partial charge is 0.329 e. The molecule has 0 aliphatic heterocycles. The van der Waals surface area contributed by atoms with Crippen molar-refractivity contribution in [2.45, 2.75) is 32.7 Å². The number of hydrogen-bond acceptors (Lipinski definition) is 3. The lowest BCUT2D eigenvalue weighted by Gasteiger charge is -2.15. The van der Waals surface area contributed by atoms with Crippen LogP contribution in [0.25, 0.3) is 10.9 Å². The molecule has 1 atom stereocenters. The molecule has 2 N–H and O–H groups in total. The predicted molar refractivity (Wildman–Crippen MR) is 103 cm³/mol. The molecule has 1 aromatic heterocycles. The molecule has 1 heterocycles. The van der Waals surface area contributed by atoms with Crippen LogP contribution in [0.15, 0.2) is 58.1 Å². The second-order valence-corrected chi connectivity index (χ2v) is 6.59. The maximum atomic E-state index is 12.6. The fourth-order valence-corrected chi connectivity index (χ4v) is 2.84. The fraction of sp³-hybridized carbons (Fsp3) is 0.250. The molecule has 3 rings (SSSR count). The van der Waals surface area contributed by atoms with Crippen molar-refractivity contribution in [1.82, 2.24) is 9.55 Å². The van der Waals surface area contributed by atoms with Crippen LogP contribution in [0.5, 0.6) is 0 Å². The van der Waals surface area contributed by atoms with Crippen LogP contribution in [0.1, 0.15) is 38.3 Å². The molecule has 0 saturated heterocycles. The number of hydrogen-bond donors (Lipinski definition) is 2. The Morgan fingerprint density at radius 1 is 1.00 bits per heavy atom. The van der Waals surface area contributed by atoms with E-state index in [1.165, 1.54) is 12.5 Å². The van der Waals surface area contributed by atoms with Gasteiger partial charge in [0, 0.05) is 5.69 Å². The summed E-state index contributed by atoms with van der Waals surface area (Å²) in [6.07, 6.45) is 0. The second kappa shape index (κ2) is 7.00. The summed E-state index contributed by atoms with van der Waals surface area (Å²) in [7, 11) is 0. The van der Waals surface area contributed by atoms with Gasteiger partial charge in [-0.1, -0.05) is 38.1 Å². The highest BCUT2D eigenvalue weighted by Gasteiger charge is 2.20. The third-order valence-corrected chi connectivity index (χ3v) is 4.45. The van der Waals surface area contributed by atoms with Crippen molar-refractivity contribution in [2.24, 2.45) is 0 Å². The van der Waals surface area contributed by atoms with Gasteiger partial charge in [-0.2, -0.15) is 0 Å². The van der Waals surface area contributed by atoms with Crippen molar-refractivity contribution < 1.29 is 4.79 Å². The number of nitrogens with zero attached hydrogens (tertiary/aromatic N) is 1. The van der Waals surface area contributed by atoms with E-state index < -0.39 is 23.2 Å². The molecular weight excluding hydrogens is 330 g/mol. The number of benzene rings is 2. The molecular formula is C20H21N3O3. The van der Waals surface area contributed by atoms with E-state index in [-0.39, 0.29) is 0 Å². The average molecular weight is 351 g/mol. The lowest BCUT2D eigenvalue weighted by Crippen LogP contribution is -2.41. The van der Waals surface area contributed by atoms with Crippen LogP contribution < -0.4 is 16.6 Å². The summed E-state index contributed by atoms with van der Waals surface area (Å²) in [5.41, 5.74) is 1.15. The van der Waals surface area contributed by atoms with Crippen LogP contribution in [-0.4, -0.2) is 15.5 Å². The topological polar surface area (TPSA) is 84.0 Å². The number of fused-ring (bicyclic) bond motifs is 1. The van der Waals surface area contributed by atoms with E-state index in [9.17, 15) is 14.4 Å². The number of anilines is 1. The van der Waals surface area contributed by atoms with Crippen LogP contribution in [0, 0.1) is 0 Å². The number of carbonyl (C=O) groups is 1. The molecule has 2 aromatic carbocycles. The van der Waals surface area contributed by atoms with Gasteiger partial charge in [-0.15, -0.1) is 0 Å². The van der Waals surface area contributed by atoms with E-state index in [1.807, 2.05) is 24.3 Å². The molecule has 1 amide bonds. The Morgan fingerprint density at radius 2 is 1.65 bits per heavy atom. The lowest BCUT2D eigenvalue weighted by molar-refractivity contribution is -0.119. The van der Waals surface area contributed by atoms with Crippen LogP contribution in [0.2, 0.25) is 0 Å². The van der Waals surface area contributed by atoms with Crippen molar-refractivity contribution in [1.29, 1.82) is 0 Å². The Balaban J connectivity index is 1.90. The second-order valence-electron chi connectivity index (χ2n) is 6.59. The Labute approximate surface area is 150 Å². The highest BCUT2D eigenvalue weighted by Crippen LogP contribution is 2.18. The van der Waals surface area contributed by atoms with Gasteiger partial charge in [-0.05, 0) is 42.7 Å². The summed E-state index contributed by atoms with van der Waals surface area (Å²) < 4.78 is 0.945. The molecule has 3 aromatic rings. The summed E-state index contributed by atoms with van der Waals surface area (Å²) in [6.45, 7) is 5.71. The average Bonchev–Trinajstić information content (AvgIpc) is 2.62. The first-order chi connectivity index (χ1) is 12.4.